The third kappa shape index (κ3) is 4.28. The Morgan fingerprint density at radius 1 is 0.885 bits per heavy atom. The van der Waals surface area contributed by atoms with Gasteiger partial charge in [-0.05, 0) is 17.7 Å². The standard InChI is InChI=1S/C12H5F9O4S/c13-10(14,15)8-5(2-4-7(22)23)1-3-6(9(8)11(16,17)18)26(24,25)12(19,20)21/h1-4H,(H,22,23). The van der Waals surface area contributed by atoms with Gasteiger partial charge in [0.05, 0.1) is 16.0 Å². The first-order valence-corrected chi connectivity index (χ1v) is 7.42. The van der Waals surface area contributed by atoms with E-state index in [4.69, 9.17) is 5.11 Å². The van der Waals surface area contributed by atoms with Crippen molar-refractivity contribution < 1.29 is 57.8 Å². The lowest BCUT2D eigenvalue weighted by Gasteiger charge is -2.21. The Bertz CT molecular complexity index is 845. The maximum Gasteiger partial charge on any atom is 0.501 e. The van der Waals surface area contributed by atoms with Gasteiger partial charge < -0.3 is 5.11 Å². The third-order valence-electron chi connectivity index (χ3n) is 2.77. The molecule has 1 rings (SSSR count). The Morgan fingerprint density at radius 3 is 1.69 bits per heavy atom. The van der Waals surface area contributed by atoms with Crippen LogP contribution in [0.3, 0.4) is 0 Å². The van der Waals surface area contributed by atoms with Crippen LogP contribution in [-0.4, -0.2) is 25.0 Å². The van der Waals surface area contributed by atoms with Crippen LogP contribution in [-0.2, 0) is 27.0 Å². The molecule has 1 aromatic rings. The minimum atomic E-state index is -6.78. The highest BCUT2D eigenvalue weighted by Gasteiger charge is 2.54. The van der Waals surface area contributed by atoms with Crippen LogP contribution >= 0.6 is 0 Å². The number of benzene rings is 1. The Morgan fingerprint density at radius 2 is 1.35 bits per heavy atom. The predicted molar refractivity (Wildman–Crippen MR) is 66.4 cm³/mol. The van der Waals surface area contributed by atoms with Gasteiger partial charge in [0, 0.05) is 6.08 Å². The summed E-state index contributed by atoms with van der Waals surface area (Å²) in [7, 11) is -6.78. The summed E-state index contributed by atoms with van der Waals surface area (Å²) in [4.78, 5) is 7.70. The number of halogens is 9. The van der Waals surface area contributed by atoms with Gasteiger partial charge in [-0.1, -0.05) is 6.07 Å². The number of alkyl halides is 9. The number of carboxylic acid groups (broad SMARTS) is 1. The van der Waals surface area contributed by atoms with Gasteiger partial charge in [0.2, 0.25) is 0 Å². The van der Waals surface area contributed by atoms with Crippen LogP contribution < -0.4 is 0 Å². The van der Waals surface area contributed by atoms with Crippen LogP contribution in [0.2, 0.25) is 0 Å². The molecule has 0 fully saturated rings. The third-order valence-corrected chi connectivity index (χ3v) is 4.29. The molecule has 0 atom stereocenters. The summed E-state index contributed by atoms with van der Waals surface area (Å²) in [6, 6.07) is -0.321. The van der Waals surface area contributed by atoms with Crippen molar-refractivity contribution in [2.45, 2.75) is 22.8 Å². The number of hydrogen-bond acceptors (Lipinski definition) is 3. The zero-order valence-corrected chi connectivity index (χ0v) is 12.6. The molecule has 0 aliphatic rings. The summed E-state index contributed by atoms with van der Waals surface area (Å²) in [5, 5.41) is 8.35. The van der Waals surface area contributed by atoms with E-state index in [1.807, 2.05) is 0 Å². The highest BCUT2D eigenvalue weighted by Crippen LogP contribution is 2.47. The van der Waals surface area contributed by atoms with Crippen molar-refractivity contribution in [2.24, 2.45) is 0 Å². The Hall–Kier alpha value is -2.25. The summed E-state index contributed by atoms with van der Waals surface area (Å²) in [6.45, 7) is 0. The second kappa shape index (κ2) is 6.48. The Balaban J connectivity index is 4.09. The normalized spacial score (nSPS) is 14.0. The van der Waals surface area contributed by atoms with Gasteiger partial charge in [-0.25, -0.2) is 13.2 Å². The first kappa shape index (κ1) is 21.8. The molecule has 0 saturated heterocycles. The molecule has 26 heavy (non-hydrogen) atoms. The zero-order valence-electron chi connectivity index (χ0n) is 11.8. The molecule has 146 valence electrons. The lowest BCUT2D eigenvalue weighted by molar-refractivity contribution is -0.164. The first-order chi connectivity index (χ1) is 11.4. The average molecular weight is 416 g/mol. The predicted octanol–water partition coefficient (Wildman–Crippen LogP) is 4.12. The molecule has 0 heterocycles. The van der Waals surface area contributed by atoms with Gasteiger partial charge in [-0.2, -0.15) is 39.5 Å². The zero-order chi connectivity index (χ0) is 20.7. The van der Waals surface area contributed by atoms with Gasteiger partial charge in [-0.15, -0.1) is 0 Å². The van der Waals surface area contributed by atoms with E-state index in [2.05, 4.69) is 0 Å². The van der Waals surface area contributed by atoms with Crippen molar-refractivity contribution in [2.75, 3.05) is 0 Å². The molecule has 0 aliphatic carbocycles. The molecule has 0 saturated carbocycles. The monoisotopic (exact) mass is 416 g/mol. The maximum absolute atomic E-state index is 13.1. The van der Waals surface area contributed by atoms with E-state index in [9.17, 15) is 52.7 Å². The van der Waals surface area contributed by atoms with Gasteiger partial charge >= 0.3 is 23.8 Å². The van der Waals surface area contributed by atoms with E-state index in [-0.39, 0.29) is 24.3 Å². The van der Waals surface area contributed by atoms with Gasteiger partial charge in [0.25, 0.3) is 9.84 Å². The molecular formula is C12H5F9O4S. The minimum Gasteiger partial charge on any atom is -0.478 e. The smallest absolute Gasteiger partial charge is 0.478 e. The SMILES string of the molecule is O=C(O)C=Cc1ccc(S(=O)(=O)C(F)(F)F)c(C(F)(F)F)c1C(F)(F)F. The van der Waals surface area contributed by atoms with E-state index in [1.165, 1.54) is 0 Å². The second-order valence-corrected chi connectivity index (χ2v) is 6.43. The number of rotatable bonds is 3. The van der Waals surface area contributed by atoms with Crippen LogP contribution in [0.5, 0.6) is 0 Å². The van der Waals surface area contributed by atoms with E-state index in [0.717, 1.165) is 0 Å². The van der Waals surface area contributed by atoms with Gasteiger partial charge in [-0.3, -0.25) is 0 Å². The van der Waals surface area contributed by atoms with E-state index < -0.39 is 55.3 Å². The van der Waals surface area contributed by atoms with Crippen LogP contribution in [0.15, 0.2) is 23.1 Å². The molecule has 4 nitrogen and oxygen atoms in total. The van der Waals surface area contributed by atoms with Crippen molar-refractivity contribution in [1.82, 2.24) is 0 Å². The fourth-order valence-corrected chi connectivity index (χ4v) is 2.82. The molecule has 0 aromatic heterocycles. The summed E-state index contributed by atoms with van der Waals surface area (Å²) in [5.41, 5.74) is -13.6. The van der Waals surface area contributed by atoms with Gasteiger partial charge in [0.15, 0.2) is 0 Å². The lowest BCUT2D eigenvalue weighted by atomic mass is 9.99. The topological polar surface area (TPSA) is 71.4 Å². The van der Waals surface area contributed by atoms with Crippen molar-refractivity contribution in [3.8, 4) is 0 Å². The number of carbonyl (C=O) groups is 1. The molecule has 0 unspecified atom stereocenters. The second-order valence-electron chi connectivity index (χ2n) is 4.52. The first-order valence-electron chi connectivity index (χ1n) is 5.94. The molecule has 0 radical (unpaired) electrons. The van der Waals surface area contributed by atoms with E-state index in [1.54, 1.807) is 0 Å². The molecule has 0 bridgehead atoms. The number of hydrogen-bond donors (Lipinski definition) is 1. The summed E-state index contributed by atoms with van der Waals surface area (Å²) in [6.07, 6.45) is -12.0. The highest BCUT2D eigenvalue weighted by atomic mass is 32.2. The fourth-order valence-electron chi connectivity index (χ4n) is 1.84. The summed E-state index contributed by atoms with van der Waals surface area (Å²) < 4.78 is 139. The Kier molecular flexibility index (Phi) is 5.43. The van der Waals surface area contributed by atoms with Gasteiger partial charge in [0.1, 0.15) is 0 Å². The number of aliphatic carboxylic acids is 1. The van der Waals surface area contributed by atoms with Crippen LogP contribution in [0.1, 0.15) is 16.7 Å². The molecule has 14 heteroatoms. The van der Waals surface area contributed by atoms with Crippen LogP contribution in [0.25, 0.3) is 6.08 Å². The summed E-state index contributed by atoms with van der Waals surface area (Å²) >= 11 is 0. The molecule has 0 spiro atoms. The number of sulfone groups is 1. The van der Waals surface area contributed by atoms with Crippen LogP contribution in [0, 0.1) is 0 Å². The molecule has 1 N–H and O–H groups in total. The molecule has 1 aromatic carbocycles. The highest BCUT2D eigenvalue weighted by molar-refractivity contribution is 7.92. The van der Waals surface area contributed by atoms with E-state index >= 15 is 0 Å². The van der Waals surface area contributed by atoms with Crippen molar-refractivity contribution in [3.05, 3.63) is 34.9 Å². The molecule has 0 aliphatic heterocycles. The van der Waals surface area contributed by atoms with Crippen molar-refractivity contribution in [1.29, 1.82) is 0 Å². The number of carboxylic acids is 1. The van der Waals surface area contributed by atoms with Crippen molar-refractivity contribution in [3.63, 3.8) is 0 Å². The van der Waals surface area contributed by atoms with Crippen molar-refractivity contribution >= 4 is 21.9 Å². The van der Waals surface area contributed by atoms with E-state index in [0.29, 0.717) is 0 Å². The minimum absolute atomic E-state index is 0.00264. The van der Waals surface area contributed by atoms with Crippen LogP contribution in [0.4, 0.5) is 39.5 Å². The molecule has 0 amide bonds. The summed E-state index contributed by atoms with van der Waals surface area (Å²) in [5.74, 6) is -1.86. The lowest BCUT2D eigenvalue weighted by Crippen LogP contribution is -2.29. The largest absolute Gasteiger partial charge is 0.501 e. The Labute approximate surface area is 138 Å². The average Bonchev–Trinajstić information content (AvgIpc) is 2.40. The fraction of sp³-hybridized carbons (Fsp3) is 0.250. The quantitative estimate of drug-likeness (QED) is 0.595. The molecular weight excluding hydrogens is 411 g/mol. The maximum atomic E-state index is 13.1.